The average Bonchev–Trinajstić information content (AvgIpc) is 2.20. The molecular formula is C13H28N2. The summed E-state index contributed by atoms with van der Waals surface area (Å²) in [6.07, 6.45) is 5.45. The first-order chi connectivity index (χ1) is 7.24. The number of hydrogen-bond acceptors (Lipinski definition) is 2. The van der Waals surface area contributed by atoms with Crippen LogP contribution in [0.1, 0.15) is 46.5 Å². The normalized spacial score (nSPS) is 23.6. The van der Waals surface area contributed by atoms with Gasteiger partial charge in [0.05, 0.1) is 0 Å². The van der Waals surface area contributed by atoms with E-state index in [-0.39, 0.29) is 0 Å². The highest BCUT2D eigenvalue weighted by Gasteiger charge is 2.21. The molecule has 0 aliphatic carbocycles. The van der Waals surface area contributed by atoms with Gasteiger partial charge in [0.25, 0.3) is 0 Å². The molecule has 0 spiro atoms. The average molecular weight is 212 g/mol. The van der Waals surface area contributed by atoms with Gasteiger partial charge in [-0.2, -0.15) is 0 Å². The van der Waals surface area contributed by atoms with Crippen LogP contribution in [0.2, 0.25) is 0 Å². The smallest absolute Gasteiger partial charge is 0.0223 e. The van der Waals surface area contributed by atoms with Gasteiger partial charge in [0.15, 0.2) is 0 Å². The second kappa shape index (κ2) is 7.24. The van der Waals surface area contributed by atoms with E-state index in [1.165, 1.54) is 51.9 Å². The largest absolute Gasteiger partial charge is 0.314 e. The van der Waals surface area contributed by atoms with Crippen molar-refractivity contribution in [2.24, 2.45) is 5.92 Å². The Labute approximate surface area is 95.4 Å². The Morgan fingerprint density at radius 2 is 2.13 bits per heavy atom. The van der Waals surface area contributed by atoms with Gasteiger partial charge in [-0.05, 0) is 25.3 Å². The number of unbranched alkanes of at least 4 members (excludes halogenated alkanes) is 2. The van der Waals surface area contributed by atoms with Gasteiger partial charge < -0.3 is 5.32 Å². The first kappa shape index (κ1) is 13.0. The molecule has 1 unspecified atom stereocenters. The lowest BCUT2D eigenvalue weighted by molar-refractivity contribution is 0.139. The molecule has 0 bridgehead atoms. The third kappa shape index (κ3) is 4.98. The van der Waals surface area contributed by atoms with Crippen molar-refractivity contribution < 1.29 is 0 Å². The zero-order valence-corrected chi connectivity index (χ0v) is 10.8. The second-order valence-corrected chi connectivity index (χ2v) is 5.23. The van der Waals surface area contributed by atoms with E-state index in [9.17, 15) is 0 Å². The summed E-state index contributed by atoms with van der Waals surface area (Å²) < 4.78 is 0. The molecule has 2 nitrogen and oxygen atoms in total. The molecule has 1 aliphatic heterocycles. The molecule has 1 heterocycles. The van der Waals surface area contributed by atoms with E-state index < -0.39 is 0 Å². The fraction of sp³-hybridized carbons (Fsp3) is 1.00. The molecule has 2 heteroatoms. The molecule has 90 valence electrons. The lowest BCUT2D eigenvalue weighted by Crippen LogP contribution is -2.51. The van der Waals surface area contributed by atoms with Crippen LogP contribution in [-0.4, -0.2) is 37.1 Å². The summed E-state index contributed by atoms with van der Waals surface area (Å²) in [5, 5.41) is 3.52. The lowest BCUT2D eigenvalue weighted by Gasteiger charge is -2.37. The fourth-order valence-corrected chi connectivity index (χ4v) is 2.44. The van der Waals surface area contributed by atoms with Crippen LogP contribution in [0.3, 0.4) is 0 Å². The molecule has 0 amide bonds. The summed E-state index contributed by atoms with van der Waals surface area (Å²) in [6, 6.07) is 0.788. The Kier molecular flexibility index (Phi) is 6.26. The summed E-state index contributed by atoms with van der Waals surface area (Å²) >= 11 is 0. The minimum atomic E-state index is 0.788. The Balaban J connectivity index is 2.29. The van der Waals surface area contributed by atoms with E-state index in [1.54, 1.807) is 0 Å². The first-order valence-corrected chi connectivity index (χ1v) is 6.68. The maximum absolute atomic E-state index is 3.52. The Morgan fingerprint density at radius 1 is 1.33 bits per heavy atom. The van der Waals surface area contributed by atoms with Crippen molar-refractivity contribution in [2.45, 2.75) is 52.5 Å². The quantitative estimate of drug-likeness (QED) is 0.681. The van der Waals surface area contributed by atoms with Crippen LogP contribution >= 0.6 is 0 Å². The highest BCUT2D eigenvalue weighted by molar-refractivity contribution is 4.80. The summed E-state index contributed by atoms with van der Waals surface area (Å²) in [7, 11) is 0. The lowest BCUT2D eigenvalue weighted by atomic mass is 10.0. The van der Waals surface area contributed by atoms with Crippen LogP contribution in [0, 0.1) is 5.92 Å². The molecule has 0 aromatic rings. The molecule has 1 saturated heterocycles. The van der Waals surface area contributed by atoms with Crippen molar-refractivity contribution in [1.82, 2.24) is 10.2 Å². The molecule has 0 aromatic carbocycles. The van der Waals surface area contributed by atoms with Crippen LogP contribution in [-0.2, 0) is 0 Å². The summed E-state index contributed by atoms with van der Waals surface area (Å²) in [6.45, 7) is 11.9. The van der Waals surface area contributed by atoms with Gasteiger partial charge >= 0.3 is 0 Å². The predicted octanol–water partition coefficient (Wildman–Crippen LogP) is 2.50. The predicted molar refractivity (Wildman–Crippen MR) is 67.2 cm³/mol. The zero-order chi connectivity index (χ0) is 11.1. The van der Waals surface area contributed by atoms with Crippen LogP contribution < -0.4 is 5.32 Å². The molecular weight excluding hydrogens is 184 g/mol. The third-order valence-corrected chi connectivity index (χ3v) is 3.26. The van der Waals surface area contributed by atoms with E-state index in [2.05, 4.69) is 31.0 Å². The summed E-state index contributed by atoms with van der Waals surface area (Å²) in [5.74, 6) is 0.823. The maximum Gasteiger partial charge on any atom is 0.0223 e. The molecule has 0 aromatic heterocycles. The minimum absolute atomic E-state index is 0.788. The van der Waals surface area contributed by atoms with E-state index in [4.69, 9.17) is 0 Å². The Morgan fingerprint density at radius 3 is 2.80 bits per heavy atom. The van der Waals surface area contributed by atoms with Crippen LogP contribution in [0.5, 0.6) is 0 Å². The monoisotopic (exact) mass is 212 g/mol. The van der Waals surface area contributed by atoms with E-state index in [0.717, 1.165) is 12.0 Å². The molecule has 1 fully saturated rings. The van der Waals surface area contributed by atoms with Gasteiger partial charge in [-0.1, -0.05) is 33.6 Å². The van der Waals surface area contributed by atoms with Gasteiger partial charge in [0, 0.05) is 25.7 Å². The van der Waals surface area contributed by atoms with E-state index >= 15 is 0 Å². The van der Waals surface area contributed by atoms with Gasteiger partial charge in [-0.3, -0.25) is 4.90 Å². The topological polar surface area (TPSA) is 15.3 Å². The highest BCUT2D eigenvalue weighted by atomic mass is 15.2. The standard InChI is InChI=1S/C13H28N2/c1-4-5-6-8-15-9-7-14-11-13(15)10-12(2)3/h12-14H,4-11H2,1-3H3. The number of nitrogens with one attached hydrogen (secondary N) is 1. The van der Waals surface area contributed by atoms with Crippen molar-refractivity contribution in [2.75, 3.05) is 26.2 Å². The summed E-state index contributed by atoms with van der Waals surface area (Å²) in [5.41, 5.74) is 0. The number of nitrogens with zero attached hydrogens (tertiary/aromatic N) is 1. The molecule has 15 heavy (non-hydrogen) atoms. The molecule has 1 N–H and O–H groups in total. The number of piperazine rings is 1. The van der Waals surface area contributed by atoms with Gasteiger partial charge in [-0.25, -0.2) is 0 Å². The van der Waals surface area contributed by atoms with Crippen LogP contribution in [0.25, 0.3) is 0 Å². The van der Waals surface area contributed by atoms with Gasteiger partial charge in [0.2, 0.25) is 0 Å². The fourth-order valence-electron chi connectivity index (χ4n) is 2.44. The van der Waals surface area contributed by atoms with Crippen LogP contribution in [0.15, 0.2) is 0 Å². The van der Waals surface area contributed by atoms with E-state index in [1.807, 2.05) is 0 Å². The Hall–Kier alpha value is -0.0800. The minimum Gasteiger partial charge on any atom is -0.314 e. The van der Waals surface area contributed by atoms with Crippen molar-refractivity contribution in [3.63, 3.8) is 0 Å². The van der Waals surface area contributed by atoms with Crippen molar-refractivity contribution in [3.8, 4) is 0 Å². The second-order valence-electron chi connectivity index (χ2n) is 5.23. The first-order valence-electron chi connectivity index (χ1n) is 6.68. The highest BCUT2D eigenvalue weighted by Crippen LogP contribution is 2.14. The van der Waals surface area contributed by atoms with Crippen molar-refractivity contribution in [3.05, 3.63) is 0 Å². The van der Waals surface area contributed by atoms with Crippen LogP contribution in [0.4, 0.5) is 0 Å². The number of rotatable bonds is 6. The zero-order valence-electron chi connectivity index (χ0n) is 10.8. The molecule has 0 saturated carbocycles. The van der Waals surface area contributed by atoms with Gasteiger partial charge in [0.1, 0.15) is 0 Å². The molecule has 1 aliphatic rings. The SMILES string of the molecule is CCCCCN1CCNCC1CC(C)C. The Bertz CT molecular complexity index is 157. The summed E-state index contributed by atoms with van der Waals surface area (Å²) in [4.78, 5) is 2.70. The molecule has 1 rings (SSSR count). The van der Waals surface area contributed by atoms with Crippen molar-refractivity contribution in [1.29, 1.82) is 0 Å². The maximum atomic E-state index is 3.52. The third-order valence-electron chi connectivity index (χ3n) is 3.26. The van der Waals surface area contributed by atoms with Crippen molar-refractivity contribution >= 4 is 0 Å². The molecule has 1 atom stereocenters. The number of hydrogen-bond donors (Lipinski definition) is 1. The molecule has 0 radical (unpaired) electrons. The van der Waals surface area contributed by atoms with Gasteiger partial charge in [-0.15, -0.1) is 0 Å². The van der Waals surface area contributed by atoms with E-state index in [0.29, 0.717) is 0 Å².